The second-order valence-corrected chi connectivity index (χ2v) is 7.92. The quantitative estimate of drug-likeness (QED) is 0.487. The van der Waals surface area contributed by atoms with Crippen molar-refractivity contribution < 1.29 is 0 Å². The largest absolute Gasteiger partial charge is 0.337 e. The maximum atomic E-state index is 6.24. The summed E-state index contributed by atoms with van der Waals surface area (Å²) in [6.07, 6.45) is 0. The van der Waals surface area contributed by atoms with Crippen LogP contribution in [-0.4, -0.2) is 19.7 Å². The van der Waals surface area contributed by atoms with Crippen LogP contribution in [0.4, 0.5) is 0 Å². The van der Waals surface area contributed by atoms with Gasteiger partial charge in [0.05, 0.1) is 22.3 Å². The lowest BCUT2D eigenvalue weighted by Gasteiger charge is -2.22. The minimum absolute atomic E-state index is 0.144. The molecule has 4 rings (SSSR count). The van der Waals surface area contributed by atoms with Crippen molar-refractivity contribution in [3.63, 3.8) is 0 Å². The van der Waals surface area contributed by atoms with Crippen LogP contribution < -0.4 is 0 Å². The van der Waals surface area contributed by atoms with Gasteiger partial charge in [-0.2, -0.15) is 5.10 Å². The average molecular weight is 365 g/mol. The van der Waals surface area contributed by atoms with Gasteiger partial charge in [0.1, 0.15) is 5.69 Å². The Morgan fingerprint density at radius 3 is 2.46 bits per heavy atom. The zero-order valence-corrected chi connectivity index (χ0v) is 16.1. The first kappa shape index (κ1) is 16.9. The molecule has 0 aliphatic carbocycles. The van der Waals surface area contributed by atoms with Gasteiger partial charge in [-0.1, -0.05) is 41.9 Å². The maximum absolute atomic E-state index is 6.24. The molecule has 0 unspecified atom stereocenters. The highest BCUT2D eigenvalue weighted by Gasteiger charge is 2.22. The van der Waals surface area contributed by atoms with E-state index in [0.717, 1.165) is 44.4 Å². The summed E-state index contributed by atoms with van der Waals surface area (Å²) in [7, 11) is 0. The zero-order valence-electron chi connectivity index (χ0n) is 15.3. The third-order valence-corrected chi connectivity index (χ3v) is 4.91. The summed E-state index contributed by atoms with van der Waals surface area (Å²) < 4.78 is 2.06. The van der Waals surface area contributed by atoms with Crippen LogP contribution in [0.2, 0.25) is 5.02 Å². The first-order chi connectivity index (χ1) is 12.3. The molecule has 0 radical (unpaired) electrons. The van der Waals surface area contributed by atoms with Crippen molar-refractivity contribution in [3.8, 4) is 22.8 Å². The number of hydrogen-bond donors (Lipinski definition) is 1. The summed E-state index contributed by atoms with van der Waals surface area (Å²) in [5, 5.41) is 5.59. The first-order valence-electron chi connectivity index (χ1n) is 8.66. The molecule has 26 heavy (non-hydrogen) atoms. The Morgan fingerprint density at radius 2 is 1.77 bits per heavy atom. The molecule has 0 fully saturated rings. The van der Waals surface area contributed by atoms with Crippen LogP contribution in [0, 0.1) is 6.92 Å². The van der Waals surface area contributed by atoms with Crippen LogP contribution in [0.15, 0.2) is 48.5 Å². The van der Waals surface area contributed by atoms with E-state index in [0.29, 0.717) is 0 Å². The van der Waals surface area contributed by atoms with Gasteiger partial charge in [0.25, 0.3) is 0 Å². The molecule has 0 bridgehead atoms. The Labute approximate surface area is 157 Å². The minimum Gasteiger partial charge on any atom is -0.337 e. The van der Waals surface area contributed by atoms with Gasteiger partial charge in [0, 0.05) is 5.02 Å². The lowest BCUT2D eigenvalue weighted by Crippen LogP contribution is -2.24. The molecule has 2 aromatic heterocycles. The Morgan fingerprint density at radius 1 is 1.04 bits per heavy atom. The molecule has 4 nitrogen and oxygen atoms in total. The summed E-state index contributed by atoms with van der Waals surface area (Å²) in [6.45, 7) is 8.44. The van der Waals surface area contributed by atoms with Crippen LogP contribution in [0.5, 0.6) is 0 Å². The molecule has 0 aliphatic rings. The number of halogens is 1. The second-order valence-electron chi connectivity index (χ2n) is 7.52. The lowest BCUT2D eigenvalue weighted by molar-refractivity contribution is 0.361. The topological polar surface area (TPSA) is 46.5 Å². The van der Waals surface area contributed by atoms with Crippen molar-refractivity contribution in [1.82, 2.24) is 19.7 Å². The van der Waals surface area contributed by atoms with Crippen LogP contribution in [0.1, 0.15) is 26.3 Å². The van der Waals surface area contributed by atoms with Crippen LogP contribution >= 0.6 is 11.6 Å². The van der Waals surface area contributed by atoms with Gasteiger partial charge in [0.15, 0.2) is 5.82 Å². The smallest absolute Gasteiger partial charge is 0.159 e. The molecule has 0 amide bonds. The molecule has 1 N–H and O–H groups in total. The van der Waals surface area contributed by atoms with Gasteiger partial charge in [-0.3, -0.25) is 4.68 Å². The van der Waals surface area contributed by atoms with Gasteiger partial charge >= 0.3 is 0 Å². The average Bonchev–Trinajstić information content (AvgIpc) is 3.23. The number of H-pyrrole nitrogens is 1. The van der Waals surface area contributed by atoms with Gasteiger partial charge in [-0.05, 0) is 57.0 Å². The molecule has 4 aromatic rings. The van der Waals surface area contributed by atoms with Crippen molar-refractivity contribution in [2.75, 3.05) is 0 Å². The fourth-order valence-electron chi connectivity index (χ4n) is 3.13. The number of fused-ring (bicyclic) bond motifs is 1. The number of aryl methyl sites for hydroxylation is 1. The molecule has 5 heteroatoms. The lowest BCUT2D eigenvalue weighted by atomic mass is 10.1. The van der Waals surface area contributed by atoms with Crippen LogP contribution in [0.25, 0.3) is 33.8 Å². The Balaban J connectivity index is 1.91. The number of aromatic nitrogens is 4. The molecular formula is C21H21ClN4. The van der Waals surface area contributed by atoms with E-state index in [1.54, 1.807) is 0 Å². The van der Waals surface area contributed by atoms with Crippen molar-refractivity contribution in [3.05, 3.63) is 59.1 Å². The van der Waals surface area contributed by atoms with Crippen LogP contribution in [0.3, 0.4) is 0 Å². The molecule has 0 saturated heterocycles. The summed E-state index contributed by atoms with van der Waals surface area (Å²) in [5.41, 5.74) is 5.72. The first-order valence-corrected chi connectivity index (χ1v) is 9.03. The van der Waals surface area contributed by atoms with Crippen molar-refractivity contribution in [1.29, 1.82) is 0 Å². The van der Waals surface area contributed by atoms with Crippen molar-refractivity contribution in [2.45, 2.75) is 33.2 Å². The number of aromatic amines is 1. The molecule has 0 saturated carbocycles. The Bertz CT molecular complexity index is 1080. The number of hydrogen-bond acceptors (Lipinski definition) is 2. The van der Waals surface area contributed by atoms with Gasteiger partial charge in [-0.25, -0.2) is 4.98 Å². The number of benzene rings is 2. The third-order valence-electron chi connectivity index (χ3n) is 4.50. The fraction of sp³-hybridized carbons (Fsp3) is 0.238. The standard InChI is InChI=1S/C21H21ClN4/c1-13-15(22)10-11-16-19(13)24-20(23-16)17-12-18(14-8-6-5-7-9-14)26(25-17)21(2,3)4/h5-12H,1-4H3,(H,23,24). The van der Waals surface area contributed by atoms with E-state index >= 15 is 0 Å². The van der Waals surface area contributed by atoms with Crippen molar-refractivity contribution >= 4 is 22.6 Å². The monoisotopic (exact) mass is 364 g/mol. The predicted molar refractivity (Wildman–Crippen MR) is 107 cm³/mol. The number of nitrogens with zero attached hydrogens (tertiary/aromatic N) is 3. The highest BCUT2D eigenvalue weighted by Crippen LogP contribution is 2.31. The van der Waals surface area contributed by atoms with Gasteiger partial charge in [0.2, 0.25) is 0 Å². The minimum atomic E-state index is -0.144. The SMILES string of the molecule is Cc1c(Cl)ccc2[nH]c(-c3cc(-c4ccccc4)n(C(C)(C)C)n3)nc12. The molecule has 2 aromatic carbocycles. The molecule has 0 spiro atoms. The predicted octanol–water partition coefficient (Wildman–Crippen LogP) is 5.81. The Kier molecular flexibility index (Phi) is 3.88. The van der Waals surface area contributed by atoms with E-state index in [9.17, 15) is 0 Å². The van der Waals surface area contributed by atoms with Gasteiger partial charge in [-0.15, -0.1) is 0 Å². The van der Waals surface area contributed by atoms with Crippen LogP contribution in [-0.2, 0) is 5.54 Å². The molecule has 2 heterocycles. The summed E-state index contributed by atoms with van der Waals surface area (Å²) in [4.78, 5) is 8.14. The highest BCUT2D eigenvalue weighted by molar-refractivity contribution is 6.32. The van der Waals surface area contributed by atoms with E-state index in [2.05, 4.69) is 48.6 Å². The number of nitrogens with one attached hydrogen (secondary N) is 1. The zero-order chi connectivity index (χ0) is 18.5. The van der Waals surface area contributed by atoms with E-state index in [1.165, 1.54) is 0 Å². The highest BCUT2D eigenvalue weighted by atomic mass is 35.5. The fourth-order valence-corrected chi connectivity index (χ4v) is 3.28. The second kappa shape index (κ2) is 5.99. The summed E-state index contributed by atoms with van der Waals surface area (Å²) in [6, 6.07) is 16.3. The van der Waals surface area contributed by atoms with E-state index < -0.39 is 0 Å². The Hall–Kier alpha value is -2.59. The summed E-state index contributed by atoms with van der Waals surface area (Å²) in [5.74, 6) is 0.755. The number of imidazole rings is 1. The van der Waals surface area contributed by atoms with Gasteiger partial charge < -0.3 is 4.98 Å². The third kappa shape index (κ3) is 2.80. The summed E-state index contributed by atoms with van der Waals surface area (Å²) >= 11 is 6.24. The van der Waals surface area contributed by atoms with Crippen molar-refractivity contribution in [2.24, 2.45) is 0 Å². The van der Waals surface area contributed by atoms with E-state index in [-0.39, 0.29) is 5.54 Å². The molecule has 0 atom stereocenters. The maximum Gasteiger partial charge on any atom is 0.159 e. The molecular weight excluding hydrogens is 344 g/mol. The van der Waals surface area contributed by atoms with E-state index in [1.807, 2.05) is 37.3 Å². The number of rotatable bonds is 2. The molecule has 132 valence electrons. The normalized spacial score (nSPS) is 12.0. The molecule has 0 aliphatic heterocycles. The van der Waals surface area contributed by atoms with E-state index in [4.69, 9.17) is 21.7 Å².